The van der Waals surface area contributed by atoms with Crippen LogP contribution in [0.15, 0.2) is 48.5 Å². The van der Waals surface area contributed by atoms with Crippen LogP contribution in [0, 0.1) is 0 Å². The third-order valence-electron chi connectivity index (χ3n) is 3.68. The maximum atomic E-state index is 12.0. The fraction of sp³-hybridized carbons (Fsp3) is 0.333. The lowest BCUT2D eigenvalue weighted by Crippen LogP contribution is -2.27. The van der Waals surface area contributed by atoms with Gasteiger partial charge in [-0.15, -0.1) is 0 Å². The third-order valence-corrected chi connectivity index (χ3v) is 3.68. The van der Waals surface area contributed by atoms with Gasteiger partial charge < -0.3 is 20.7 Å². The monoisotopic (exact) mass is 369 g/mol. The smallest absolute Gasteiger partial charge is 0.238 e. The molecule has 2 aromatic carbocycles. The van der Waals surface area contributed by atoms with E-state index in [2.05, 4.69) is 16.0 Å². The lowest BCUT2D eigenvalue weighted by atomic mass is 10.2. The van der Waals surface area contributed by atoms with Crippen LogP contribution in [0.25, 0.3) is 0 Å². The van der Waals surface area contributed by atoms with Crippen molar-refractivity contribution in [3.05, 3.63) is 54.1 Å². The normalized spacial score (nSPS) is 10.5. The molecule has 0 atom stereocenters. The minimum atomic E-state index is -0.125. The molecule has 0 bridgehead atoms. The quantitative estimate of drug-likeness (QED) is 0.631. The second-order valence-electron chi connectivity index (χ2n) is 6.44. The van der Waals surface area contributed by atoms with E-state index in [9.17, 15) is 9.59 Å². The lowest BCUT2D eigenvalue weighted by molar-refractivity contribution is -0.116. The van der Waals surface area contributed by atoms with Crippen molar-refractivity contribution in [3.63, 3.8) is 0 Å². The molecule has 0 spiro atoms. The van der Waals surface area contributed by atoms with Crippen molar-refractivity contribution < 1.29 is 14.3 Å². The molecule has 0 saturated heterocycles. The number of benzene rings is 2. The molecule has 2 aromatic rings. The van der Waals surface area contributed by atoms with E-state index in [1.807, 2.05) is 38.1 Å². The van der Waals surface area contributed by atoms with Gasteiger partial charge in [-0.1, -0.05) is 19.1 Å². The topological polar surface area (TPSA) is 79.5 Å². The zero-order valence-electron chi connectivity index (χ0n) is 16.0. The molecule has 6 nitrogen and oxygen atoms in total. The first-order valence-electron chi connectivity index (χ1n) is 9.12. The Hall–Kier alpha value is -2.86. The highest BCUT2D eigenvalue weighted by molar-refractivity contribution is 5.93. The second kappa shape index (κ2) is 10.3. The fourth-order valence-electron chi connectivity index (χ4n) is 2.37. The molecular formula is C21H27N3O3. The van der Waals surface area contributed by atoms with Gasteiger partial charge in [-0.2, -0.15) is 0 Å². The van der Waals surface area contributed by atoms with Crippen molar-refractivity contribution in [2.45, 2.75) is 39.8 Å². The summed E-state index contributed by atoms with van der Waals surface area (Å²) in [5.41, 5.74) is 2.48. The Morgan fingerprint density at radius 3 is 1.96 bits per heavy atom. The van der Waals surface area contributed by atoms with E-state index < -0.39 is 0 Å². The van der Waals surface area contributed by atoms with Crippen LogP contribution >= 0.6 is 0 Å². The molecule has 0 radical (unpaired) electrons. The van der Waals surface area contributed by atoms with Crippen LogP contribution in [-0.4, -0.2) is 24.5 Å². The van der Waals surface area contributed by atoms with Crippen LogP contribution in [0.3, 0.4) is 0 Å². The van der Waals surface area contributed by atoms with E-state index in [0.717, 1.165) is 11.3 Å². The van der Waals surface area contributed by atoms with Crippen LogP contribution in [-0.2, 0) is 16.1 Å². The van der Waals surface area contributed by atoms with E-state index in [4.69, 9.17) is 4.74 Å². The summed E-state index contributed by atoms with van der Waals surface area (Å²) >= 11 is 0. The van der Waals surface area contributed by atoms with Gasteiger partial charge in [-0.3, -0.25) is 9.59 Å². The van der Waals surface area contributed by atoms with Crippen LogP contribution in [0.5, 0.6) is 5.75 Å². The number of rotatable bonds is 9. The summed E-state index contributed by atoms with van der Waals surface area (Å²) in [7, 11) is 0. The van der Waals surface area contributed by atoms with Crippen LogP contribution in [0.1, 0.15) is 32.8 Å². The van der Waals surface area contributed by atoms with Gasteiger partial charge in [0.2, 0.25) is 11.8 Å². The van der Waals surface area contributed by atoms with Crippen LogP contribution in [0.4, 0.5) is 11.4 Å². The number of hydrogen-bond donors (Lipinski definition) is 3. The Labute approximate surface area is 160 Å². The summed E-state index contributed by atoms with van der Waals surface area (Å²) in [6.07, 6.45) is 0.576. The number of amides is 2. The molecule has 0 saturated carbocycles. The van der Waals surface area contributed by atoms with Crippen molar-refractivity contribution >= 4 is 23.2 Å². The molecule has 0 aliphatic rings. The molecule has 0 aromatic heterocycles. The number of nitrogens with one attached hydrogen (secondary N) is 3. The van der Waals surface area contributed by atoms with Crippen molar-refractivity contribution in [1.82, 2.24) is 5.32 Å². The number of carbonyl (C=O) groups is 2. The molecule has 0 fully saturated rings. The molecule has 2 amide bonds. The largest absolute Gasteiger partial charge is 0.491 e. The van der Waals surface area contributed by atoms with Crippen molar-refractivity contribution in [1.29, 1.82) is 0 Å². The zero-order chi connectivity index (χ0) is 19.6. The van der Waals surface area contributed by atoms with Gasteiger partial charge in [0.25, 0.3) is 0 Å². The fourth-order valence-corrected chi connectivity index (χ4v) is 2.37. The van der Waals surface area contributed by atoms with Gasteiger partial charge in [0, 0.05) is 24.3 Å². The molecule has 0 aliphatic heterocycles. The van der Waals surface area contributed by atoms with Gasteiger partial charge >= 0.3 is 0 Å². The van der Waals surface area contributed by atoms with Gasteiger partial charge in [0.15, 0.2) is 0 Å². The van der Waals surface area contributed by atoms with E-state index >= 15 is 0 Å². The molecule has 0 aliphatic carbocycles. The molecule has 144 valence electrons. The van der Waals surface area contributed by atoms with Gasteiger partial charge in [0.05, 0.1) is 12.6 Å². The molecule has 27 heavy (non-hydrogen) atoms. The Morgan fingerprint density at radius 1 is 0.889 bits per heavy atom. The standard InChI is InChI=1S/C21H27N3O3/c1-4-20(25)23-17-7-9-18(10-8-17)24-21(26)14-22-13-16-5-11-19(12-6-16)27-15(2)3/h5-12,15,22H,4,13-14H2,1-3H3,(H,23,25)(H,24,26). The highest BCUT2D eigenvalue weighted by Crippen LogP contribution is 2.14. The minimum Gasteiger partial charge on any atom is -0.491 e. The third kappa shape index (κ3) is 7.50. The Kier molecular flexibility index (Phi) is 7.82. The number of anilines is 2. The van der Waals surface area contributed by atoms with Crippen LogP contribution in [0.2, 0.25) is 0 Å². The van der Waals surface area contributed by atoms with E-state index in [1.54, 1.807) is 31.2 Å². The molecule has 2 rings (SSSR count). The molecule has 3 N–H and O–H groups in total. The summed E-state index contributed by atoms with van der Waals surface area (Å²) in [6, 6.07) is 14.9. The average Bonchev–Trinajstić information content (AvgIpc) is 2.64. The highest BCUT2D eigenvalue weighted by Gasteiger charge is 2.04. The zero-order valence-corrected chi connectivity index (χ0v) is 16.0. The lowest BCUT2D eigenvalue weighted by Gasteiger charge is -2.11. The molecule has 0 heterocycles. The van der Waals surface area contributed by atoms with Crippen molar-refractivity contribution in [2.24, 2.45) is 0 Å². The Bertz CT molecular complexity index is 740. The maximum Gasteiger partial charge on any atom is 0.238 e. The van der Waals surface area contributed by atoms with Crippen molar-refractivity contribution in [3.8, 4) is 5.75 Å². The summed E-state index contributed by atoms with van der Waals surface area (Å²) in [6.45, 7) is 6.58. The summed E-state index contributed by atoms with van der Waals surface area (Å²) in [5, 5.41) is 8.70. The first-order chi connectivity index (χ1) is 13.0. The number of carbonyl (C=O) groups excluding carboxylic acids is 2. The molecule has 6 heteroatoms. The number of ether oxygens (including phenoxy) is 1. The SMILES string of the molecule is CCC(=O)Nc1ccc(NC(=O)CNCc2ccc(OC(C)C)cc2)cc1. The maximum absolute atomic E-state index is 12.0. The number of hydrogen-bond acceptors (Lipinski definition) is 4. The van der Waals surface area contributed by atoms with Crippen molar-refractivity contribution in [2.75, 3.05) is 17.2 Å². The molecule has 0 unspecified atom stereocenters. The summed E-state index contributed by atoms with van der Waals surface area (Å²) < 4.78 is 5.61. The van der Waals surface area contributed by atoms with E-state index in [-0.39, 0.29) is 24.5 Å². The summed E-state index contributed by atoms with van der Waals surface area (Å²) in [4.78, 5) is 23.4. The Balaban J connectivity index is 1.73. The Morgan fingerprint density at radius 2 is 1.44 bits per heavy atom. The molecular weight excluding hydrogens is 342 g/mol. The second-order valence-corrected chi connectivity index (χ2v) is 6.44. The predicted octanol–water partition coefficient (Wildman–Crippen LogP) is 3.55. The average molecular weight is 369 g/mol. The van der Waals surface area contributed by atoms with Gasteiger partial charge in [0.1, 0.15) is 5.75 Å². The first-order valence-corrected chi connectivity index (χ1v) is 9.12. The van der Waals surface area contributed by atoms with Gasteiger partial charge in [-0.25, -0.2) is 0 Å². The van der Waals surface area contributed by atoms with E-state index in [0.29, 0.717) is 24.3 Å². The summed E-state index contributed by atoms with van der Waals surface area (Å²) in [5.74, 6) is 0.671. The van der Waals surface area contributed by atoms with Gasteiger partial charge in [-0.05, 0) is 55.8 Å². The minimum absolute atomic E-state index is 0.0419. The predicted molar refractivity (Wildman–Crippen MR) is 108 cm³/mol. The highest BCUT2D eigenvalue weighted by atomic mass is 16.5. The first kappa shape index (κ1) is 20.5. The van der Waals surface area contributed by atoms with E-state index in [1.165, 1.54) is 0 Å². The van der Waals surface area contributed by atoms with Crippen LogP contribution < -0.4 is 20.7 Å².